The van der Waals surface area contributed by atoms with Gasteiger partial charge in [-0.1, -0.05) is 37.1 Å². The fraction of sp³-hybridized carbons (Fsp3) is 0.562. The van der Waals surface area contributed by atoms with Gasteiger partial charge in [0.15, 0.2) is 0 Å². The van der Waals surface area contributed by atoms with Crippen molar-refractivity contribution >= 4 is 33.2 Å². The number of benzene rings is 1. The Balaban J connectivity index is 2.00. The molecule has 23 heavy (non-hydrogen) atoms. The molecule has 1 atom stereocenters. The molecule has 1 aromatic carbocycles. The molecule has 1 saturated heterocycles. The van der Waals surface area contributed by atoms with Crippen molar-refractivity contribution in [1.82, 2.24) is 4.31 Å². The fourth-order valence-electron chi connectivity index (χ4n) is 2.66. The maximum atomic E-state index is 12.4. The van der Waals surface area contributed by atoms with Crippen LogP contribution in [-0.4, -0.2) is 37.5 Å². The topological polar surface area (TPSA) is 66.5 Å². The average molecular weight is 359 g/mol. The van der Waals surface area contributed by atoms with Crippen LogP contribution in [0.3, 0.4) is 0 Å². The first-order chi connectivity index (χ1) is 10.9. The Hall–Kier alpha value is -1.11. The summed E-state index contributed by atoms with van der Waals surface area (Å²) in [5, 5.41) is 3.28. The van der Waals surface area contributed by atoms with E-state index in [0.29, 0.717) is 36.5 Å². The summed E-state index contributed by atoms with van der Waals surface area (Å²) >= 11 is 6.04. The first kappa shape index (κ1) is 18.2. The van der Waals surface area contributed by atoms with Crippen LogP contribution in [0, 0.1) is 5.92 Å². The Bertz CT molecular complexity index is 648. The van der Waals surface area contributed by atoms with Gasteiger partial charge in [-0.05, 0) is 31.4 Å². The number of nitrogens with zero attached hydrogens (tertiary/aromatic N) is 1. The lowest BCUT2D eigenvalue weighted by atomic mass is 9.99. The first-order valence-corrected chi connectivity index (χ1v) is 9.96. The molecule has 1 aliphatic heterocycles. The van der Waals surface area contributed by atoms with Crippen LogP contribution in [-0.2, 0) is 14.8 Å². The highest BCUT2D eigenvalue weighted by Crippen LogP contribution is 2.24. The van der Waals surface area contributed by atoms with Crippen LogP contribution in [0.15, 0.2) is 24.3 Å². The molecule has 0 aliphatic carbocycles. The summed E-state index contributed by atoms with van der Waals surface area (Å²) in [7, 11) is -3.27. The van der Waals surface area contributed by atoms with E-state index in [1.54, 1.807) is 24.3 Å². The lowest BCUT2D eigenvalue weighted by molar-refractivity contribution is -0.120. The number of hydrogen-bond donors (Lipinski definition) is 1. The molecule has 1 N–H and O–H groups in total. The van der Waals surface area contributed by atoms with Gasteiger partial charge in [-0.3, -0.25) is 4.79 Å². The normalized spacial score (nSPS) is 19.5. The van der Waals surface area contributed by atoms with Crippen molar-refractivity contribution in [2.75, 3.05) is 24.2 Å². The second-order valence-electron chi connectivity index (χ2n) is 5.84. The molecule has 1 fully saturated rings. The first-order valence-electron chi connectivity index (χ1n) is 7.97. The molecule has 7 heteroatoms. The largest absolute Gasteiger partial charge is 0.324 e. The van der Waals surface area contributed by atoms with Crippen molar-refractivity contribution in [3.8, 4) is 0 Å². The summed E-state index contributed by atoms with van der Waals surface area (Å²) in [4.78, 5) is 12.4. The van der Waals surface area contributed by atoms with Crippen molar-refractivity contribution in [2.45, 2.75) is 32.6 Å². The Morgan fingerprint density at radius 3 is 2.83 bits per heavy atom. The van der Waals surface area contributed by atoms with Gasteiger partial charge in [-0.2, -0.15) is 0 Å². The zero-order valence-corrected chi connectivity index (χ0v) is 14.9. The zero-order valence-electron chi connectivity index (χ0n) is 13.3. The van der Waals surface area contributed by atoms with Crippen LogP contribution in [0.5, 0.6) is 0 Å². The molecule has 0 saturated carbocycles. The number of piperidine rings is 1. The molecule has 128 valence electrons. The summed E-state index contributed by atoms with van der Waals surface area (Å²) in [6.45, 7) is 2.72. The minimum absolute atomic E-state index is 0.155. The predicted octanol–water partition coefficient (Wildman–Crippen LogP) is 3.12. The Kier molecular flexibility index (Phi) is 6.44. The van der Waals surface area contributed by atoms with Gasteiger partial charge in [-0.15, -0.1) is 0 Å². The van der Waals surface area contributed by atoms with Crippen molar-refractivity contribution in [3.63, 3.8) is 0 Å². The van der Waals surface area contributed by atoms with E-state index in [2.05, 4.69) is 5.32 Å². The minimum atomic E-state index is -3.27. The molecule has 0 radical (unpaired) electrons. The third-order valence-corrected chi connectivity index (χ3v) is 6.29. The summed E-state index contributed by atoms with van der Waals surface area (Å²) in [6.07, 6.45) is 2.88. The van der Waals surface area contributed by atoms with Crippen LogP contribution in [0.25, 0.3) is 0 Å². The van der Waals surface area contributed by atoms with Gasteiger partial charge in [0.05, 0.1) is 22.4 Å². The monoisotopic (exact) mass is 358 g/mol. The number of halogens is 1. The molecular weight excluding hydrogens is 336 g/mol. The summed E-state index contributed by atoms with van der Waals surface area (Å²) in [5.74, 6) is -0.354. The molecule has 1 aliphatic rings. The van der Waals surface area contributed by atoms with E-state index in [1.165, 1.54) is 4.31 Å². The average Bonchev–Trinajstić information content (AvgIpc) is 2.55. The lowest BCUT2D eigenvalue weighted by Crippen LogP contribution is -2.44. The van der Waals surface area contributed by atoms with Crippen molar-refractivity contribution in [3.05, 3.63) is 29.3 Å². The number of nitrogens with one attached hydrogen (secondary N) is 1. The van der Waals surface area contributed by atoms with Crippen LogP contribution < -0.4 is 5.32 Å². The molecule has 1 heterocycles. The molecule has 5 nitrogen and oxygen atoms in total. The predicted molar refractivity (Wildman–Crippen MR) is 93.1 cm³/mol. The SMILES string of the molecule is CCCCS(=O)(=O)N1CCC[C@H](C(=O)Nc2ccccc2Cl)C1. The number of hydrogen-bond acceptors (Lipinski definition) is 3. The lowest BCUT2D eigenvalue weighted by Gasteiger charge is -2.31. The van der Waals surface area contributed by atoms with Crippen molar-refractivity contribution in [1.29, 1.82) is 0 Å². The highest BCUT2D eigenvalue weighted by atomic mass is 35.5. The second kappa shape index (κ2) is 8.13. The summed E-state index contributed by atoms with van der Waals surface area (Å²) in [6, 6.07) is 7.03. The number of anilines is 1. The van der Waals surface area contributed by atoms with Crippen LogP contribution in [0.4, 0.5) is 5.69 Å². The Morgan fingerprint density at radius 2 is 2.13 bits per heavy atom. The maximum Gasteiger partial charge on any atom is 0.228 e. The van der Waals surface area contributed by atoms with Gasteiger partial charge >= 0.3 is 0 Å². The van der Waals surface area contributed by atoms with E-state index in [9.17, 15) is 13.2 Å². The molecule has 2 rings (SSSR count). The molecule has 0 unspecified atom stereocenters. The van der Waals surface area contributed by atoms with E-state index in [-0.39, 0.29) is 24.1 Å². The molecule has 0 spiro atoms. The van der Waals surface area contributed by atoms with E-state index >= 15 is 0 Å². The van der Waals surface area contributed by atoms with E-state index < -0.39 is 10.0 Å². The number of sulfonamides is 1. The number of amides is 1. The molecule has 0 aromatic heterocycles. The van der Waals surface area contributed by atoms with Gasteiger partial charge in [0.25, 0.3) is 0 Å². The third-order valence-electron chi connectivity index (χ3n) is 4.04. The maximum absolute atomic E-state index is 12.4. The molecule has 1 aromatic rings. The smallest absolute Gasteiger partial charge is 0.228 e. The Labute approximate surface area is 143 Å². The van der Waals surface area contributed by atoms with Crippen molar-refractivity contribution < 1.29 is 13.2 Å². The number of carbonyl (C=O) groups excluding carboxylic acids is 1. The van der Waals surface area contributed by atoms with Crippen LogP contribution in [0.2, 0.25) is 5.02 Å². The minimum Gasteiger partial charge on any atom is -0.324 e. The van der Waals surface area contributed by atoms with E-state index in [1.807, 2.05) is 6.92 Å². The molecular formula is C16H23ClN2O3S. The Morgan fingerprint density at radius 1 is 1.39 bits per heavy atom. The molecule has 1 amide bonds. The highest BCUT2D eigenvalue weighted by molar-refractivity contribution is 7.89. The third kappa shape index (κ3) is 4.93. The van der Waals surface area contributed by atoms with Crippen molar-refractivity contribution in [2.24, 2.45) is 5.92 Å². The van der Waals surface area contributed by atoms with E-state index in [4.69, 9.17) is 11.6 Å². The van der Waals surface area contributed by atoms with Gasteiger partial charge in [0.1, 0.15) is 0 Å². The van der Waals surface area contributed by atoms with E-state index in [0.717, 1.165) is 6.42 Å². The van der Waals surface area contributed by atoms with Crippen LogP contribution in [0.1, 0.15) is 32.6 Å². The number of carbonyl (C=O) groups is 1. The standard InChI is InChI=1S/C16H23ClN2O3S/c1-2-3-11-23(21,22)19-10-6-7-13(12-19)16(20)18-15-9-5-4-8-14(15)17/h4-5,8-9,13H,2-3,6-7,10-12H2,1H3,(H,18,20)/t13-/m0/s1. The number of rotatable bonds is 6. The number of unbranched alkanes of at least 4 members (excludes halogenated alkanes) is 1. The fourth-order valence-corrected chi connectivity index (χ4v) is 4.57. The molecule has 0 bridgehead atoms. The summed E-state index contributed by atoms with van der Waals surface area (Å²) in [5.41, 5.74) is 0.560. The quantitative estimate of drug-likeness (QED) is 0.849. The van der Waals surface area contributed by atoms with Crippen LogP contribution >= 0.6 is 11.6 Å². The second-order valence-corrected chi connectivity index (χ2v) is 8.33. The summed E-state index contributed by atoms with van der Waals surface area (Å²) < 4.78 is 26.1. The van der Waals surface area contributed by atoms with Gasteiger partial charge in [-0.25, -0.2) is 12.7 Å². The van der Waals surface area contributed by atoms with Gasteiger partial charge in [0, 0.05) is 13.1 Å². The van der Waals surface area contributed by atoms with Gasteiger partial charge < -0.3 is 5.32 Å². The highest BCUT2D eigenvalue weighted by Gasteiger charge is 2.32. The number of para-hydroxylation sites is 1. The van der Waals surface area contributed by atoms with Gasteiger partial charge in [0.2, 0.25) is 15.9 Å². The zero-order chi connectivity index (χ0) is 16.9.